The number of carbonyl (C=O) groups is 1. The molecule has 0 aromatic heterocycles. The topological polar surface area (TPSA) is 17.1 Å². The fourth-order valence-electron chi connectivity index (χ4n) is 0.977. The van der Waals surface area contributed by atoms with Gasteiger partial charge in [0.05, 0.1) is 0 Å². The van der Waals surface area contributed by atoms with Crippen LogP contribution in [0.5, 0.6) is 0 Å². The van der Waals surface area contributed by atoms with Crippen LogP contribution < -0.4 is 0 Å². The summed E-state index contributed by atoms with van der Waals surface area (Å²) < 4.78 is 0.469. The quantitative estimate of drug-likeness (QED) is 0.439. The molecule has 0 unspecified atom stereocenters. The number of carbonyl (C=O) groups excluding carboxylic acids is 1. The number of hydrogen-bond donors (Lipinski definition) is 0. The fourth-order valence-corrected chi connectivity index (χ4v) is 1.33. The average molecular weight is 174 g/mol. The molecular formula is C8H16Na2O. The molecular weight excluding hydrogens is 158 g/mol. The Balaban J connectivity index is 0. The van der Waals surface area contributed by atoms with Gasteiger partial charge >= 0.3 is 111 Å². The van der Waals surface area contributed by atoms with Gasteiger partial charge in [0, 0.05) is 0 Å². The van der Waals surface area contributed by atoms with Gasteiger partial charge in [-0.3, -0.25) is 0 Å². The second-order valence-corrected chi connectivity index (χ2v) is 3.98. The first kappa shape index (κ1) is 15.2. The summed E-state index contributed by atoms with van der Waals surface area (Å²) in [7, 11) is 0. The molecule has 0 aromatic rings. The summed E-state index contributed by atoms with van der Waals surface area (Å²) in [6, 6.07) is 0. The molecule has 0 saturated carbocycles. The van der Waals surface area contributed by atoms with Gasteiger partial charge in [0.1, 0.15) is 0 Å². The monoisotopic (exact) mass is 174 g/mol. The molecule has 0 aromatic carbocycles. The normalized spacial score (nSPS) is 9.00. The number of hydrogen-bond acceptors (Lipinski definition) is 1. The van der Waals surface area contributed by atoms with Gasteiger partial charge in [-0.2, -0.15) is 0 Å². The van der Waals surface area contributed by atoms with Crippen molar-refractivity contribution in [3.63, 3.8) is 0 Å². The molecule has 0 rings (SSSR count). The van der Waals surface area contributed by atoms with Gasteiger partial charge in [-0.15, -0.1) is 0 Å². The van der Waals surface area contributed by atoms with E-state index in [1.54, 1.807) is 0 Å². The van der Waals surface area contributed by atoms with Crippen LogP contribution in [0.1, 0.15) is 45.4 Å². The summed E-state index contributed by atoms with van der Waals surface area (Å²) in [6.07, 6.45) is 7.15. The fraction of sp³-hybridized carbons (Fsp3) is 0.875. The third kappa shape index (κ3) is 14.5. The molecule has 0 heterocycles. The predicted molar refractivity (Wildman–Crippen MR) is 51.3 cm³/mol. The first-order chi connectivity index (χ1) is 4.77. The van der Waals surface area contributed by atoms with Crippen LogP contribution in [0.4, 0.5) is 0 Å². The van der Waals surface area contributed by atoms with Crippen LogP contribution >= 0.6 is 0 Å². The van der Waals surface area contributed by atoms with E-state index in [1.165, 1.54) is 25.7 Å². The maximum atomic E-state index is 10.5. The zero-order valence-electron chi connectivity index (χ0n) is 7.15. The van der Waals surface area contributed by atoms with Gasteiger partial charge in [-0.25, -0.2) is 0 Å². The van der Waals surface area contributed by atoms with Gasteiger partial charge in [0.15, 0.2) is 0 Å². The second kappa shape index (κ2) is 11.7. The van der Waals surface area contributed by atoms with Gasteiger partial charge in [0.2, 0.25) is 0 Å². The molecule has 0 radical (unpaired) electrons. The Bertz CT molecular complexity index is 94.1. The Morgan fingerprint density at radius 2 is 1.73 bits per heavy atom. The third-order valence-corrected chi connectivity index (χ3v) is 2.13. The van der Waals surface area contributed by atoms with Crippen molar-refractivity contribution in [3.05, 3.63) is 0 Å². The molecule has 11 heavy (non-hydrogen) atoms. The predicted octanol–water partition coefficient (Wildman–Crippen LogP) is 1.39. The second-order valence-electron chi connectivity index (χ2n) is 2.87. The molecule has 3 heteroatoms. The van der Waals surface area contributed by atoms with Crippen molar-refractivity contribution in [1.82, 2.24) is 0 Å². The molecule has 0 N–H and O–H groups in total. The Morgan fingerprint density at radius 3 is 2.18 bits per heavy atom. The van der Waals surface area contributed by atoms with Crippen LogP contribution in [-0.2, 0) is 4.79 Å². The molecule has 0 aliphatic rings. The van der Waals surface area contributed by atoms with Crippen LogP contribution in [0.15, 0.2) is 0 Å². The minimum atomic E-state index is 0. The van der Waals surface area contributed by atoms with E-state index in [4.69, 9.17) is 0 Å². The van der Waals surface area contributed by atoms with Crippen LogP contribution in [-0.4, -0.2) is 60.5 Å². The van der Waals surface area contributed by atoms with Gasteiger partial charge < -0.3 is 0 Å². The number of unbranched alkanes of at least 4 members (excludes halogenated alkanes) is 4. The summed E-state index contributed by atoms with van der Waals surface area (Å²) in [5, 5.41) is 0. The van der Waals surface area contributed by atoms with E-state index in [0.29, 0.717) is 3.03 Å². The summed E-state index contributed by atoms with van der Waals surface area (Å²) in [4.78, 5) is 10.5. The van der Waals surface area contributed by atoms with E-state index in [1.807, 2.05) is 0 Å². The third-order valence-electron chi connectivity index (χ3n) is 1.63. The molecule has 0 atom stereocenters. The van der Waals surface area contributed by atoms with Crippen LogP contribution in [0, 0.1) is 0 Å². The molecule has 0 fully saturated rings. The molecule has 0 saturated heterocycles. The van der Waals surface area contributed by atoms with Crippen LogP contribution in [0.3, 0.4) is 0 Å². The summed E-state index contributed by atoms with van der Waals surface area (Å²) in [6.45, 7) is 2.21. The van der Waals surface area contributed by atoms with E-state index in [2.05, 4.69) is 6.92 Å². The Kier molecular flexibility index (Phi) is 16.1. The summed E-state index contributed by atoms with van der Waals surface area (Å²) in [5.41, 5.74) is 0. The van der Waals surface area contributed by atoms with E-state index in [0.717, 1.165) is 40.8 Å². The van der Waals surface area contributed by atoms with E-state index < -0.39 is 0 Å². The molecule has 56 valence electrons. The van der Waals surface area contributed by atoms with Crippen molar-refractivity contribution >= 4 is 60.5 Å². The molecule has 0 aliphatic carbocycles. The summed E-state index contributed by atoms with van der Waals surface area (Å²) in [5.74, 6) is 0. The van der Waals surface area contributed by atoms with Crippen molar-refractivity contribution in [3.8, 4) is 0 Å². The van der Waals surface area contributed by atoms with Crippen LogP contribution in [0.2, 0.25) is 0 Å². The van der Waals surface area contributed by atoms with Crippen molar-refractivity contribution in [2.45, 2.75) is 45.4 Å². The molecule has 0 aliphatic heterocycles. The molecule has 1 nitrogen and oxygen atoms in total. The van der Waals surface area contributed by atoms with Crippen molar-refractivity contribution in [2.75, 3.05) is 0 Å². The average Bonchev–Trinajstić information content (AvgIpc) is 1.87. The van der Waals surface area contributed by atoms with Crippen LogP contribution in [0.25, 0.3) is 0 Å². The number of rotatable bonds is 6. The first-order valence-corrected chi connectivity index (χ1v) is 5.26. The van der Waals surface area contributed by atoms with Gasteiger partial charge in [0.25, 0.3) is 0 Å². The molecule has 0 spiro atoms. The van der Waals surface area contributed by atoms with Gasteiger partial charge in [-0.05, 0) is 0 Å². The van der Waals surface area contributed by atoms with E-state index in [-0.39, 0.29) is 29.6 Å². The Morgan fingerprint density at radius 1 is 1.18 bits per heavy atom. The standard InChI is InChI=1S/C8H15O.2Na.H/c1-2-3-4-5-6-7-8-9;;;/h2-7H2,1H3;;;. The van der Waals surface area contributed by atoms with Crippen molar-refractivity contribution in [1.29, 1.82) is 0 Å². The van der Waals surface area contributed by atoms with Crippen molar-refractivity contribution in [2.24, 2.45) is 0 Å². The van der Waals surface area contributed by atoms with E-state index in [9.17, 15) is 4.79 Å². The SMILES string of the molecule is CCCCCCC[C](=O)[Na].[NaH]. The minimum absolute atomic E-state index is 0. The van der Waals surface area contributed by atoms with Crippen molar-refractivity contribution < 1.29 is 4.79 Å². The molecule has 0 bridgehead atoms. The zero-order chi connectivity index (χ0) is 7.82. The first-order valence-electron chi connectivity index (χ1n) is 4.26. The zero-order valence-corrected chi connectivity index (χ0v) is 9.15. The maximum absolute atomic E-state index is 10.5. The van der Waals surface area contributed by atoms with Gasteiger partial charge in [-0.1, -0.05) is 0 Å². The molecule has 0 amide bonds. The Labute approximate surface area is 109 Å². The van der Waals surface area contributed by atoms with E-state index >= 15 is 0 Å². The summed E-state index contributed by atoms with van der Waals surface area (Å²) >= 11 is 0.749. The Hall–Kier alpha value is 1.67.